The maximum absolute atomic E-state index is 11.8. The number of nitrogens with two attached hydrogens (primary N) is 1. The monoisotopic (exact) mass is 337 g/mol. The molecule has 0 aromatic heterocycles. The minimum atomic E-state index is -4.21. The molecule has 0 saturated carbocycles. The molecule has 0 heterocycles. The highest BCUT2D eigenvalue weighted by atomic mass is 32.2. The van der Waals surface area contributed by atoms with Crippen molar-refractivity contribution in [3.05, 3.63) is 23.9 Å². The van der Waals surface area contributed by atoms with Crippen LogP contribution in [0.5, 0.6) is 0 Å². The first-order valence-corrected chi connectivity index (χ1v) is 7.83. The highest BCUT2D eigenvalue weighted by Crippen LogP contribution is 2.13. The van der Waals surface area contributed by atoms with E-state index in [1.54, 1.807) is 0 Å². The number of rotatable bonds is 10. The molecule has 22 heavy (non-hydrogen) atoms. The molecular weight excluding hydrogens is 318 g/mol. The maximum Gasteiger partial charge on any atom is 0.355 e. The molecule has 0 aliphatic carbocycles. The Hall–Kier alpha value is -1.91. The number of carbonyl (C=O) groups excluding carboxylic acids is 2. The van der Waals surface area contributed by atoms with E-state index >= 15 is 0 Å². The van der Waals surface area contributed by atoms with Crippen molar-refractivity contribution in [3.8, 4) is 0 Å². The van der Waals surface area contributed by atoms with Crippen LogP contribution in [-0.4, -0.2) is 55.6 Å². The van der Waals surface area contributed by atoms with Gasteiger partial charge in [-0.05, 0) is 12.8 Å². The van der Waals surface area contributed by atoms with Crippen LogP contribution in [0.1, 0.15) is 12.8 Å². The summed E-state index contributed by atoms with van der Waals surface area (Å²) < 4.78 is 39.3. The van der Waals surface area contributed by atoms with Crippen LogP contribution in [0, 0.1) is 0 Å². The average Bonchev–Trinajstić information content (AvgIpc) is 2.44. The zero-order valence-electron chi connectivity index (χ0n) is 11.9. The summed E-state index contributed by atoms with van der Waals surface area (Å²) in [6.07, 6.45) is 0.921. The number of ether oxygens (including phenoxy) is 2. The Bertz CT molecular complexity index is 537. The van der Waals surface area contributed by atoms with Crippen molar-refractivity contribution in [2.45, 2.75) is 12.8 Å². The lowest BCUT2D eigenvalue weighted by Gasteiger charge is -2.10. The molecule has 0 aromatic rings. The second-order valence-electron chi connectivity index (χ2n) is 4.03. The van der Waals surface area contributed by atoms with Crippen molar-refractivity contribution in [2.75, 3.05) is 25.6 Å². The van der Waals surface area contributed by atoms with Gasteiger partial charge in [0, 0.05) is 0 Å². The first-order chi connectivity index (χ1) is 10.2. The van der Waals surface area contributed by atoms with E-state index in [1.165, 1.54) is 6.08 Å². The molecule has 0 aliphatic heterocycles. The molecule has 0 spiro atoms. The van der Waals surface area contributed by atoms with E-state index in [9.17, 15) is 18.0 Å². The number of hydrogen-bond acceptors (Lipinski definition) is 8. The second-order valence-corrected chi connectivity index (χ2v) is 5.60. The van der Waals surface area contributed by atoms with Gasteiger partial charge in [0.1, 0.15) is 18.9 Å². The minimum absolute atomic E-state index is 0.122. The van der Waals surface area contributed by atoms with Crippen molar-refractivity contribution in [1.29, 1.82) is 0 Å². The largest absolute Gasteiger partial charge is 0.460 e. The Labute approximate surface area is 128 Å². The molecule has 4 N–H and O–H groups in total. The van der Waals surface area contributed by atoms with Crippen molar-refractivity contribution in [2.24, 2.45) is 5.73 Å². The quantitative estimate of drug-likeness (QED) is 0.200. The third-order valence-electron chi connectivity index (χ3n) is 2.28. The summed E-state index contributed by atoms with van der Waals surface area (Å²) in [6.45, 7) is 2.48. The van der Waals surface area contributed by atoms with E-state index in [-0.39, 0.29) is 31.6 Å². The molecule has 0 radical (unpaired) electrons. The molecule has 0 fully saturated rings. The van der Waals surface area contributed by atoms with E-state index in [0.29, 0.717) is 0 Å². The zero-order valence-corrected chi connectivity index (χ0v) is 12.7. The molecular formula is C12H19NO8S. The Morgan fingerprint density at radius 2 is 1.86 bits per heavy atom. The molecule has 0 saturated heterocycles. The number of hydrogen-bond donors (Lipinski definition) is 3. The van der Waals surface area contributed by atoms with Crippen LogP contribution < -0.4 is 5.73 Å². The highest BCUT2D eigenvalue weighted by molar-refractivity contribution is 7.85. The molecule has 0 rings (SSSR count). The zero-order chi connectivity index (χ0) is 17.2. The fraction of sp³-hybridized carbons (Fsp3) is 0.500. The molecule has 0 atom stereocenters. The predicted octanol–water partition coefficient (Wildman–Crippen LogP) is -0.868. The third kappa shape index (κ3) is 8.39. The van der Waals surface area contributed by atoms with Crippen molar-refractivity contribution < 1.29 is 37.1 Å². The molecule has 10 heteroatoms. The summed E-state index contributed by atoms with van der Waals surface area (Å²) in [5.74, 6) is -2.57. The summed E-state index contributed by atoms with van der Waals surface area (Å²) >= 11 is 0. The van der Waals surface area contributed by atoms with Crippen LogP contribution in [0.15, 0.2) is 23.9 Å². The molecule has 0 aliphatic rings. The van der Waals surface area contributed by atoms with Gasteiger partial charge < -0.3 is 20.3 Å². The van der Waals surface area contributed by atoms with Gasteiger partial charge in [0.2, 0.25) is 0 Å². The van der Waals surface area contributed by atoms with Gasteiger partial charge in [-0.25, -0.2) is 9.59 Å². The Balaban J connectivity index is 5.08. The van der Waals surface area contributed by atoms with Gasteiger partial charge in [0.25, 0.3) is 10.1 Å². The van der Waals surface area contributed by atoms with E-state index < -0.39 is 40.1 Å². The van der Waals surface area contributed by atoms with Gasteiger partial charge in [-0.1, -0.05) is 12.7 Å². The van der Waals surface area contributed by atoms with Crippen LogP contribution in [-0.2, 0) is 29.2 Å². The van der Waals surface area contributed by atoms with Gasteiger partial charge in [0.05, 0.1) is 17.9 Å². The van der Waals surface area contributed by atoms with Crippen LogP contribution in [0.3, 0.4) is 0 Å². The van der Waals surface area contributed by atoms with Crippen molar-refractivity contribution >= 4 is 22.1 Å². The summed E-state index contributed by atoms with van der Waals surface area (Å²) in [5, 5.41) is 8.60. The van der Waals surface area contributed by atoms with Crippen LogP contribution >= 0.6 is 0 Å². The Morgan fingerprint density at radius 1 is 1.23 bits per heavy atom. The molecule has 0 amide bonds. The van der Waals surface area contributed by atoms with Crippen LogP contribution in [0.25, 0.3) is 0 Å². The van der Waals surface area contributed by atoms with E-state index in [1.807, 2.05) is 0 Å². The standard InChI is InChI=1S/C12H19NO8S/c1-2-6-20-12(16)10(13)9(11(15)21-7-5-14)4-3-8-22(17,18)19/h2,14H,1,3-8,13H2,(H,17,18,19)/b10-9+. The molecule has 0 bridgehead atoms. The Kier molecular flexibility index (Phi) is 9.06. The lowest BCUT2D eigenvalue weighted by atomic mass is 10.1. The number of esters is 2. The van der Waals surface area contributed by atoms with Gasteiger partial charge in [-0.2, -0.15) is 8.42 Å². The topological polar surface area (TPSA) is 153 Å². The van der Waals surface area contributed by atoms with Gasteiger partial charge in [-0.15, -0.1) is 0 Å². The lowest BCUT2D eigenvalue weighted by Crippen LogP contribution is -2.23. The summed E-state index contributed by atoms with van der Waals surface area (Å²) in [6, 6.07) is 0. The van der Waals surface area contributed by atoms with Crippen molar-refractivity contribution in [1.82, 2.24) is 0 Å². The van der Waals surface area contributed by atoms with Gasteiger partial charge in [0.15, 0.2) is 0 Å². The summed E-state index contributed by atoms with van der Waals surface area (Å²) in [7, 11) is -4.21. The fourth-order valence-electron chi connectivity index (χ4n) is 1.34. The summed E-state index contributed by atoms with van der Waals surface area (Å²) in [4.78, 5) is 23.4. The normalized spacial score (nSPS) is 12.3. The number of aliphatic hydroxyl groups excluding tert-OH is 1. The summed E-state index contributed by atoms with van der Waals surface area (Å²) in [5.41, 5.74) is 4.71. The molecule has 9 nitrogen and oxygen atoms in total. The molecule has 0 aromatic carbocycles. The third-order valence-corrected chi connectivity index (χ3v) is 3.08. The maximum atomic E-state index is 11.8. The van der Waals surface area contributed by atoms with Crippen molar-refractivity contribution in [3.63, 3.8) is 0 Å². The molecule has 0 unspecified atom stereocenters. The smallest absolute Gasteiger partial charge is 0.355 e. The predicted molar refractivity (Wildman–Crippen MR) is 76.1 cm³/mol. The van der Waals surface area contributed by atoms with E-state index in [4.69, 9.17) is 15.4 Å². The van der Waals surface area contributed by atoms with E-state index in [0.717, 1.165) is 0 Å². The highest BCUT2D eigenvalue weighted by Gasteiger charge is 2.21. The lowest BCUT2D eigenvalue weighted by molar-refractivity contribution is -0.142. The van der Waals surface area contributed by atoms with Gasteiger partial charge in [-0.3, -0.25) is 4.55 Å². The van der Waals surface area contributed by atoms with Gasteiger partial charge >= 0.3 is 11.9 Å². The molecule has 126 valence electrons. The number of aliphatic hydroxyl groups is 1. The fourth-order valence-corrected chi connectivity index (χ4v) is 1.85. The van der Waals surface area contributed by atoms with Crippen LogP contribution in [0.4, 0.5) is 0 Å². The van der Waals surface area contributed by atoms with Crippen LogP contribution in [0.2, 0.25) is 0 Å². The first kappa shape index (κ1) is 20.1. The SMILES string of the molecule is C=CCOC(=O)/C(N)=C(/CCCS(=O)(=O)O)C(=O)OCCO. The Morgan fingerprint density at radius 3 is 2.36 bits per heavy atom. The average molecular weight is 337 g/mol. The minimum Gasteiger partial charge on any atom is -0.460 e. The second kappa shape index (κ2) is 9.92. The number of carbonyl (C=O) groups is 2. The van der Waals surface area contributed by atoms with E-state index in [2.05, 4.69) is 16.1 Å². The first-order valence-electron chi connectivity index (χ1n) is 6.22.